The summed E-state index contributed by atoms with van der Waals surface area (Å²) in [6, 6.07) is -0.262. The lowest BCUT2D eigenvalue weighted by atomic mass is 9.94. The standard InChI is InChI=1S/C12H13ClN4O2/c1-16-9-6-14-11(13)15-10(9)17(12(16)19)7-2-4-8(18)5-3-7/h6-7H,2-5H2,1H3/i1D3. The number of aryl methyl sites for hydroxylation is 1. The van der Waals surface area contributed by atoms with E-state index in [0.29, 0.717) is 30.3 Å². The number of imidazole rings is 1. The van der Waals surface area contributed by atoms with E-state index in [-0.39, 0.29) is 28.3 Å². The summed E-state index contributed by atoms with van der Waals surface area (Å²) in [5, 5.41) is -0.0594. The lowest BCUT2D eigenvalue weighted by Gasteiger charge is -2.21. The summed E-state index contributed by atoms with van der Waals surface area (Å²) in [5.74, 6) is 0.150. The van der Waals surface area contributed by atoms with Crippen LogP contribution in [-0.2, 0) is 11.8 Å². The maximum Gasteiger partial charge on any atom is 0.330 e. The van der Waals surface area contributed by atoms with E-state index >= 15 is 0 Å². The number of hydrogen-bond donors (Lipinski definition) is 0. The minimum absolute atomic E-state index is 0.0594. The minimum atomic E-state index is -2.64. The fraction of sp³-hybridized carbons (Fsp3) is 0.500. The number of Topliss-reactive ketones (excluding diaryl/α,β-unsaturated/α-hetero) is 1. The SMILES string of the molecule is [2H]C([2H])([2H])n1c(=O)n(C2CCC(=O)CC2)c2nc(Cl)ncc21. The highest BCUT2D eigenvalue weighted by molar-refractivity contribution is 6.28. The Hall–Kier alpha value is -1.69. The summed E-state index contributed by atoms with van der Waals surface area (Å²) >= 11 is 5.79. The van der Waals surface area contributed by atoms with Crippen molar-refractivity contribution in [1.82, 2.24) is 19.1 Å². The van der Waals surface area contributed by atoms with E-state index in [0.717, 1.165) is 0 Å². The molecule has 6 nitrogen and oxygen atoms in total. The topological polar surface area (TPSA) is 69.8 Å². The van der Waals surface area contributed by atoms with Crippen LogP contribution in [0.15, 0.2) is 11.0 Å². The largest absolute Gasteiger partial charge is 0.330 e. The molecule has 2 aromatic rings. The maximum absolute atomic E-state index is 12.6. The minimum Gasteiger partial charge on any atom is -0.300 e. The molecule has 0 saturated heterocycles. The highest BCUT2D eigenvalue weighted by atomic mass is 35.5. The molecule has 0 N–H and O–H groups in total. The third kappa shape index (κ3) is 1.96. The Labute approximate surface area is 118 Å². The van der Waals surface area contributed by atoms with Crippen LogP contribution in [0.2, 0.25) is 5.28 Å². The van der Waals surface area contributed by atoms with Gasteiger partial charge >= 0.3 is 5.69 Å². The summed E-state index contributed by atoms with van der Waals surface area (Å²) in [6.07, 6.45) is 2.95. The van der Waals surface area contributed by atoms with E-state index < -0.39 is 12.7 Å². The molecule has 0 amide bonds. The fourth-order valence-electron chi connectivity index (χ4n) is 2.49. The second-order valence-electron chi connectivity index (χ2n) is 4.61. The van der Waals surface area contributed by atoms with Gasteiger partial charge in [0.25, 0.3) is 0 Å². The third-order valence-corrected chi connectivity index (χ3v) is 3.65. The van der Waals surface area contributed by atoms with Crippen LogP contribution < -0.4 is 5.69 Å². The first-order valence-corrected chi connectivity index (χ1v) is 6.34. The molecule has 100 valence electrons. The molecule has 1 aliphatic rings. The molecular formula is C12H13ClN4O2. The lowest BCUT2D eigenvalue weighted by Crippen LogP contribution is -2.29. The Bertz CT molecular complexity index is 801. The van der Waals surface area contributed by atoms with Crippen LogP contribution in [0.25, 0.3) is 11.2 Å². The number of aromatic nitrogens is 4. The van der Waals surface area contributed by atoms with Gasteiger partial charge in [-0.2, -0.15) is 4.98 Å². The van der Waals surface area contributed by atoms with Crippen molar-refractivity contribution in [1.29, 1.82) is 0 Å². The van der Waals surface area contributed by atoms with Gasteiger partial charge in [-0.15, -0.1) is 0 Å². The quantitative estimate of drug-likeness (QED) is 0.743. The summed E-state index contributed by atoms with van der Waals surface area (Å²) in [7, 11) is 0. The van der Waals surface area contributed by atoms with Gasteiger partial charge in [0.15, 0.2) is 5.65 Å². The number of carbonyl (C=O) groups is 1. The van der Waals surface area contributed by atoms with Gasteiger partial charge in [0, 0.05) is 30.0 Å². The molecule has 7 heteroatoms. The average molecular weight is 284 g/mol. The van der Waals surface area contributed by atoms with Crippen LogP contribution >= 0.6 is 11.6 Å². The highest BCUT2D eigenvalue weighted by Crippen LogP contribution is 2.27. The molecule has 0 atom stereocenters. The Morgan fingerprint density at radius 3 is 2.84 bits per heavy atom. The number of hydrogen-bond acceptors (Lipinski definition) is 4. The van der Waals surface area contributed by atoms with Gasteiger partial charge in [0.2, 0.25) is 5.28 Å². The van der Waals surface area contributed by atoms with Crippen molar-refractivity contribution in [3.63, 3.8) is 0 Å². The number of rotatable bonds is 1. The van der Waals surface area contributed by atoms with E-state index in [1.54, 1.807) is 0 Å². The van der Waals surface area contributed by atoms with Gasteiger partial charge in [-0.1, -0.05) is 0 Å². The number of halogens is 1. The second kappa shape index (κ2) is 4.45. The van der Waals surface area contributed by atoms with Crippen LogP contribution in [-0.4, -0.2) is 24.9 Å². The van der Waals surface area contributed by atoms with Crippen LogP contribution in [0.1, 0.15) is 35.8 Å². The predicted octanol–water partition coefficient (Wildman–Crippen LogP) is 1.47. The first-order chi connectivity index (χ1) is 10.3. The molecule has 2 heterocycles. The Kier molecular flexibility index (Phi) is 2.17. The van der Waals surface area contributed by atoms with E-state index in [2.05, 4.69) is 9.97 Å². The van der Waals surface area contributed by atoms with Crippen molar-refractivity contribution in [3.8, 4) is 0 Å². The first-order valence-electron chi connectivity index (χ1n) is 7.46. The van der Waals surface area contributed by atoms with Crippen LogP contribution in [0.4, 0.5) is 0 Å². The van der Waals surface area contributed by atoms with Gasteiger partial charge in [-0.25, -0.2) is 9.78 Å². The molecule has 19 heavy (non-hydrogen) atoms. The molecule has 2 aromatic heterocycles. The molecule has 0 unspecified atom stereocenters. The summed E-state index contributed by atoms with van der Waals surface area (Å²) in [4.78, 5) is 31.8. The number of fused-ring (bicyclic) bond motifs is 1. The van der Waals surface area contributed by atoms with Gasteiger partial charge in [0.1, 0.15) is 11.3 Å². The maximum atomic E-state index is 12.6. The Morgan fingerprint density at radius 2 is 2.16 bits per heavy atom. The molecule has 0 aromatic carbocycles. The van der Waals surface area contributed by atoms with Crippen molar-refractivity contribution in [2.75, 3.05) is 0 Å². The zero-order chi connectivity index (χ0) is 16.1. The second-order valence-corrected chi connectivity index (χ2v) is 4.94. The predicted molar refractivity (Wildman–Crippen MR) is 70.3 cm³/mol. The zero-order valence-corrected chi connectivity index (χ0v) is 10.7. The van der Waals surface area contributed by atoms with Crippen molar-refractivity contribution in [2.24, 2.45) is 6.98 Å². The number of carbonyl (C=O) groups excluding carboxylic acids is 1. The smallest absolute Gasteiger partial charge is 0.300 e. The van der Waals surface area contributed by atoms with E-state index in [9.17, 15) is 9.59 Å². The normalized spacial score (nSPS) is 20.3. The Morgan fingerprint density at radius 1 is 1.42 bits per heavy atom. The van der Waals surface area contributed by atoms with Crippen LogP contribution in [0.3, 0.4) is 0 Å². The summed E-state index contributed by atoms with van der Waals surface area (Å²) in [6.45, 7) is -2.64. The lowest BCUT2D eigenvalue weighted by molar-refractivity contribution is -0.120. The molecular weight excluding hydrogens is 268 g/mol. The zero-order valence-electron chi connectivity index (χ0n) is 13.0. The summed E-state index contributed by atoms with van der Waals surface area (Å²) in [5.41, 5.74) is -0.363. The van der Waals surface area contributed by atoms with Crippen LogP contribution in [0.5, 0.6) is 0 Å². The molecule has 1 saturated carbocycles. The number of ketones is 1. The third-order valence-electron chi connectivity index (χ3n) is 3.47. The van der Waals surface area contributed by atoms with Gasteiger partial charge < -0.3 is 0 Å². The van der Waals surface area contributed by atoms with Crippen molar-refractivity contribution in [3.05, 3.63) is 22.0 Å². The van der Waals surface area contributed by atoms with Gasteiger partial charge in [-0.05, 0) is 24.4 Å². The van der Waals surface area contributed by atoms with E-state index in [1.165, 1.54) is 10.8 Å². The van der Waals surface area contributed by atoms with Gasteiger partial charge in [-0.3, -0.25) is 13.9 Å². The van der Waals surface area contributed by atoms with E-state index in [4.69, 9.17) is 15.7 Å². The van der Waals surface area contributed by atoms with Crippen molar-refractivity contribution >= 4 is 28.5 Å². The number of nitrogens with zero attached hydrogens (tertiary/aromatic N) is 4. The molecule has 1 aliphatic carbocycles. The fourth-order valence-corrected chi connectivity index (χ4v) is 2.62. The molecule has 0 radical (unpaired) electrons. The Balaban J connectivity index is 2.25. The molecule has 0 spiro atoms. The monoisotopic (exact) mass is 283 g/mol. The van der Waals surface area contributed by atoms with Gasteiger partial charge in [0.05, 0.1) is 6.20 Å². The van der Waals surface area contributed by atoms with Crippen LogP contribution in [0, 0.1) is 0 Å². The molecule has 0 aliphatic heterocycles. The molecule has 1 fully saturated rings. The molecule has 0 bridgehead atoms. The van der Waals surface area contributed by atoms with Crippen molar-refractivity contribution in [2.45, 2.75) is 31.7 Å². The first kappa shape index (κ1) is 9.25. The van der Waals surface area contributed by atoms with Crippen molar-refractivity contribution < 1.29 is 8.91 Å². The molecule has 3 rings (SSSR count). The van der Waals surface area contributed by atoms with E-state index in [1.807, 2.05) is 0 Å². The highest BCUT2D eigenvalue weighted by Gasteiger charge is 2.25. The average Bonchev–Trinajstić information content (AvgIpc) is 2.71. The summed E-state index contributed by atoms with van der Waals surface area (Å²) < 4.78 is 24.7.